The molecule has 156 valence electrons. The molecular formula is C20H31N3O4S. The molecule has 2 rings (SSSR count). The fourth-order valence-electron chi connectivity index (χ4n) is 3.17. The molecule has 8 heteroatoms. The molecule has 1 N–H and O–H groups in total. The molecule has 1 saturated heterocycles. The smallest absolute Gasteiger partial charge is 0.254 e. The van der Waals surface area contributed by atoms with Gasteiger partial charge in [-0.1, -0.05) is 12.8 Å². The van der Waals surface area contributed by atoms with E-state index in [9.17, 15) is 18.0 Å². The van der Waals surface area contributed by atoms with Crippen molar-refractivity contribution in [2.75, 3.05) is 26.7 Å². The van der Waals surface area contributed by atoms with Crippen LogP contribution in [0.4, 0.5) is 0 Å². The number of hydrogen-bond donors (Lipinski definition) is 1. The minimum Gasteiger partial charge on any atom is -0.350 e. The van der Waals surface area contributed by atoms with Crippen LogP contribution in [0.2, 0.25) is 0 Å². The molecule has 0 unspecified atom stereocenters. The SMILES string of the molecule is CN(CC(=O)NC(C)(C)C)C(=O)c1ccc(S(=O)(=O)N2CCCCCC2)cc1. The van der Waals surface area contributed by atoms with Gasteiger partial charge in [0.2, 0.25) is 15.9 Å². The Morgan fingerprint density at radius 2 is 1.57 bits per heavy atom. The van der Waals surface area contributed by atoms with Crippen LogP contribution in [-0.2, 0) is 14.8 Å². The maximum atomic E-state index is 12.8. The minimum atomic E-state index is -3.54. The van der Waals surface area contributed by atoms with E-state index in [0.717, 1.165) is 25.7 Å². The van der Waals surface area contributed by atoms with Crippen LogP contribution in [0.1, 0.15) is 56.8 Å². The third kappa shape index (κ3) is 6.04. The van der Waals surface area contributed by atoms with Crippen LogP contribution in [0.25, 0.3) is 0 Å². The highest BCUT2D eigenvalue weighted by Gasteiger charge is 2.25. The molecule has 1 aliphatic rings. The highest BCUT2D eigenvalue weighted by Crippen LogP contribution is 2.21. The predicted molar refractivity (Wildman–Crippen MR) is 109 cm³/mol. The van der Waals surface area contributed by atoms with E-state index < -0.39 is 10.0 Å². The molecule has 7 nitrogen and oxygen atoms in total. The van der Waals surface area contributed by atoms with E-state index in [0.29, 0.717) is 18.7 Å². The van der Waals surface area contributed by atoms with Crippen molar-refractivity contribution in [2.24, 2.45) is 0 Å². The van der Waals surface area contributed by atoms with Gasteiger partial charge in [-0.3, -0.25) is 9.59 Å². The van der Waals surface area contributed by atoms with Crippen LogP contribution >= 0.6 is 0 Å². The number of rotatable bonds is 5. The molecule has 1 aromatic rings. The molecule has 0 aliphatic carbocycles. The molecule has 0 spiro atoms. The van der Waals surface area contributed by atoms with Crippen molar-refractivity contribution >= 4 is 21.8 Å². The normalized spacial score (nSPS) is 16.3. The Morgan fingerprint density at radius 3 is 2.07 bits per heavy atom. The number of hydrogen-bond acceptors (Lipinski definition) is 4. The summed E-state index contributed by atoms with van der Waals surface area (Å²) in [5.41, 5.74) is -0.0227. The minimum absolute atomic E-state index is 0.0655. The van der Waals surface area contributed by atoms with Crippen molar-refractivity contribution in [3.05, 3.63) is 29.8 Å². The fraction of sp³-hybridized carbons (Fsp3) is 0.600. The maximum absolute atomic E-state index is 12.8. The molecule has 2 amide bonds. The monoisotopic (exact) mass is 409 g/mol. The number of carbonyl (C=O) groups is 2. The van der Waals surface area contributed by atoms with Crippen LogP contribution in [-0.4, -0.2) is 61.7 Å². The Bertz CT molecular complexity index is 790. The second-order valence-corrected chi connectivity index (χ2v) is 10.2. The lowest BCUT2D eigenvalue weighted by Gasteiger charge is -2.23. The molecule has 1 aromatic carbocycles. The average Bonchev–Trinajstić information content (AvgIpc) is 2.89. The van der Waals surface area contributed by atoms with E-state index in [-0.39, 0.29) is 28.8 Å². The quantitative estimate of drug-likeness (QED) is 0.808. The summed E-state index contributed by atoms with van der Waals surface area (Å²) in [5.74, 6) is -0.577. The van der Waals surface area contributed by atoms with Crippen molar-refractivity contribution < 1.29 is 18.0 Å². The van der Waals surface area contributed by atoms with E-state index in [2.05, 4.69) is 5.32 Å². The van der Waals surface area contributed by atoms with Crippen LogP contribution in [0.3, 0.4) is 0 Å². The van der Waals surface area contributed by atoms with Crippen molar-refractivity contribution in [2.45, 2.75) is 56.9 Å². The van der Waals surface area contributed by atoms with Gasteiger partial charge in [0.25, 0.3) is 5.91 Å². The van der Waals surface area contributed by atoms with E-state index >= 15 is 0 Å². The summed E-state index contributed by atoms with van der Waals surface area (Å²) < 4.78 is 27.1. The summed E-state index contributed by atoms with van der Waals surface area (Å²) in [4.78, 5) is 26.1. The summed E-state index contributed by atoms with van der Waals surface area (Å²) in [6, 6.07) is 5.95. The highest BCUT2D eigenvalue weighted by molar-refractivity contribution is 7.89. The molecular weight excluding hydrogens is 378 g/mol. The van der Waals surface area contributed by atoms with Crippen molar-refractivity contribution in [3.63, 3.8) is 0 Å². The molecule has 1 heterocycles. The lowest BCUT2D eigenvalue weighted by atomic mass is 10.1. The van der Waals surface area contributed by atoms with Crippen LogP contribution in [0, 0.1) is 0 Å². The van der Waals surface area contributed by atoms with Gasteiger partial charge in [0, 0.05) is 31.2 Å². The van der Waals surface area contributed by atoms with Gasteiger partial charge in [-0.05, 0) is 57.9 Å². The highest BCUT2D eigenvalue weighted by atomic mass is 32.2. The van der Waals surface area contributed by atoms with Gasteiger partial charge in [-0.2, -0.15) is 4.31 Å². The Labute approximate surface area is 168 Å². The largest absolute Gasteiger partial charge is 0.350 e. The molecule has 1 fully saturated rings. The summed E-state index contributed by atoms with van der Waals surface area (Å²) in [5, 5.41) is 2.81. The van der Waals surface area contributed by atoms with Crippen molar-refractivity contribution in [1.82, 2.24) is 14.5 Å². The first kappa shape index (κ1) is 22.4. The standard InChI is InChI=1S/C20H31N3O4S/c1-20(2,3)21-18(24)15-22(4)19(25)16-9-11-17(12-10-16)28(26,27)23-13-7-5-6-8-14-23/h9-12H,5-8,13-15H2,1-4H3,(H,21,24). The van der Waals surface area contributed by atoms with Gasteiger partial charge in [0.05, 0.1) is 11.4 Å². The zero-order valence-corrected chi connectivity index (χ0v) is 18.0. The molecule has 28 heavy (non-hydrogen) atoms. The summed E-state index contributed by atoms with van der Waals surface area (Å²) in [7, 11) is -2.00. The first-order valence-electron chi connectivity index (χ1n) is 9.67. The van der Waals surface area contributed by atoms with Crippen LogP contribution in [0.15, 0.2) is 29.2 Å². The first-order chi connectivity index (χ1) is 13.0. The zero-order valence-electron chi connectivity index (χ0n) is 17.2. The number of amides is 2. The maximum Gasteiger partial charge on any atom is 0.254 e. The average molecular weight is 410 g/mol. The van der Waals surface area contributed by atoms with E-state index in [1.165, 1.54) is 33.5 Å². The number of carbonyl (C=O) groups excluding carboxylic acids is 2. The van der Waals surface area contributed by atoms with Gasteiger partial charge < -0.3 is 10.2 Å². The lowest BCUT2D eigenvalue weighted by Crippen LogP contribution is -2.46. The van der Waals surface area contributed by atoms with Gasteiger partial charge >= 0.3 is 0 Å². The van der Waals surface area contributed by atoms with Gasteiger partial charge in [-0.25, -0.2) is 8.42 Å². The van der Waals surface area contributed by atoms with Crippen molar-refractivity contribution in [1.29, 1.82) is 0 Å². The van der Waals surface area contributed by atoms with E-state index in [1.54, 1.807) is 7.05 Å². The Balaban J connectivity index is 2.06. The number of nitrogens with one attached hydrogen (secondary N) is 1. The summed E-state index contributed by atoms with van der Waals surface area (Å²) in [6.07, 6.45) is 3.84. The lowest BCUT2D eigenvalue weighted by molar-refractivity contribution is -0.122. The Hall–Kier alpha value is -1.93. The van der Waals surface area contributed by atoms with Gasteiger partial charge in [-0.15, -0.1) is 0 Å². The second kappa shape index (κ2) is 9.05. The molecule has 0 bridgehead atoms. The number of likely N-dealkylation sites (N-methyl/N-ethyl adjacent to an activating group) is 1. The third-order valence-electron chi connectivity index (χ3n) is 4.55. The third-order valence-corrected chi connectivity index (χ3v) is 6.46. The fourth-order valence-corrected chi connectivity index (χ4v) is 4.68. The Kier molecular flexibility index (Phi) is 7.22. The number of nitrogens with zero attached hydrogens (tertiary/aromatic N) is 2. The summed E-state index contributed by atoms with van der Waals surface area (Å²) >= 11 is 0. The molecule has 0 atom stereocenters. The summed E-state index contributed by atoms with van der Waals surface area (Å²) in [6.45, 7) is 6.62. The predicted octanol–water partition coefficient (Wildman–Crippen LogP) is 2.24. The van der Waals surface area contributed by atoms with Crippen LogP contribution < -0.4 is 5.32 Å². The molecule has 1 aliphatic heterocycles. The van der Waals surface area contributed by atoms with Gasteiger partial charge in [0.15, 0.2) is 0 Å². The number of benzene rings is 1. The second-order valence-electron chi connectivity index (χ2n) is 8.30. The van der Waals surface area contributed by atoms with Gasteiger partial charge in [0.1, 0.15) is 0 Å². The van der Waals surface area contributed by atoms with E-state index in [4.69, 9.17) is 0 Å². The first-order valence-corrected chi connectivity index (χ1v) is 11.1. The van der Waals surface area contributed by atoms with Crippen molar-refractivity contribution in [3.8, 4) is 0 Å². The van der Waals surface area contributed by atoms with Crippen LogP contribution in [0.5, 0.6) is 0 Å². The molecule has 0 aromatic heterocycles. The van der Waals surface area contributed by atoms with E-state index in [1.807, 2.05) is 20.8 Å². The molecule has 0 radical (unpaired) electrons. The zero-order chi connectivity index (χ0) is 20.9. The number of sulfonamides is 1. The Morgan fingerprint density at radius 1 is 1.04 bits per heavy atom. The topological polar surface area (TPSA) is 86.8 Å². The molecule has 0 saturated carbocycles.